The summed E-state index contributed by atoms with van der Waals surface area (Å²) >= 11 is -1.44. The van der Waals surface area contributed by atoms with Gasteiger partial charge in [-0.1, -0.05) is 0 Å². The Morgan fingerprint density at radius 3 is 1.33 bits per heavy atom. The van der Waals surface area contributed by atoms with Crippen LogP contribution in [-0.2, 0) is 16.6 Å². The fourth-order valence-electron chi connectivity index (χ4n) is 4.74. The van der Waals surface area contributed by atoms with E-state index in [0.29, 0.717) is 0 Å². The van der Waals surface area contributed by atoms with Gasteiger partial charge in [-0.3, -0.25) is 0 Å². The van der Waals surface area contributed by atoms with Crippen molar-refractivity contribution < 1.29 is 16.6 Å². The Hall–Kier alpha value is 0.714. The molecule has 0 heterocycles. The van der Waals surface area contributed by atoms with Crippen molar-refractivity contribution in [1.82, 2.24) is 0 Å². The zero-order valence-electron chi connectivity index (χ0n) is 10.7. The summed E-state index contributed by atoms with van der Waals surface area (Å²) in [5.74, 6) is 0. The van der Waals surface area contributed by atoms with Crippen LogP contribution in [0.3, 0.4) is 0 Å². The Labute approximate surface area is 99.6 Å². The second kappa shape index (κ2) is 5.36. The van der Waals surface area contributed by atoms with Gasteiger partial charge >= 0.3 is 99.7 Å². The Kier molecular flexibility index (Phi) is 4.36. The molecular weight excluding hydrogens is 216 g/mol. The Bertz CT molecular complexity index is 166. The van der Waals surface area contributed by atoms with Gasteiger partial charge in [-0.05, 0) is 0 Å². The summed E-state index contributed by atoms with van der Waals surface area (Å²) in [5, 5.41) is 0. The number of hydrogen-bond donors (Lipinski definition) is 0. The third-order valence-electron chi connectivity index (χ3n) is 5.65. The molecule has 2 rings (SSSR count). The van der Waals surface area contributed by atoms with E-state index in [2.05, 4.69) is 13.8 Å². The van der Waals surface area contributed by atoms with Gasteiger partial charge in [0.15, 0.2) is 0 Å². The van der Waals surface area contributed by atoms with Gasteiger partial charge in [-0.2, -0.15) is 0 Å². The van der Waals surface area contributed by atoms with Crippen LogP contribution < -0.4 is 0 Å². The minimum absolute atomic E-state index is 1.27. The molecule has 0 bridgehead atoms. The van der Waals surface area contributed by atoms with Crippen LogP contribution in [0, 0.1) is 0 Å². The summed E-state index contributed by atoms with van der Waals surface area (Å²) in [6, 6.07) is 0. The molecule has 2 fully saturated rings. The van der Waals surface area contributed by atoms with Crippen molar-refractivity contribution in [3.05, 3.63) is 0 Å². The van der Waals surface area contributed by atoms with Crippen molar-refractivity contribution in [1.29, 1.82) is 0 Å². The van der Waals surface area contributed by atoms with E-state index in [1.165, 1.54) is 8.45 Å². The fraction of sp³-hybridized carbons (Fsp3) is 1.00. The van der Waals surface area contributed by atoms with Crippen LogP contribution in [0.15, 0.2) is 0 Å². The predicted octanol–water partition coefficient (Wildman–Crippen LogP) is 5.74. The van der Waals surface area contributed by atoms with E-state index in [1.54, 1.807) is 60.8 Å². The summed E-state index contributed by atoms with van der Waals surface area (Å²) in [7, 11) is 0. The van der Waals surface area contributed by atoms with Gasteiger partial charge < -0.3 is 0 Å². The monoisotopic (exact) mass is 244 g/mol. The molecule has 15 heavy (non-hydrogen) atoms. The van der Waals surface area contributed by atoms with E-state index in [9.17, 15) is 0 Å². The second-order valence-corrected chi connectivity index (χ2v) is 14.5. The molecule has 0 N–H and O–H groups in total. The molecule has 0 aromatic carbocycles. The molecule has 0 aliphatic heterocycles. The maximum atomic E-state index is 2.54. The SMILES string of the molecule is C[CH2][Ti]([CH2]C)([CH]1CCCC1)[CH]1CCCC1. The third kappa shape index (κ3) is 2.22. The molecule has 0 spiro atoms. The predicted molar refractivity (Wildman–Crippen MR) is 65.4 cm³/mol. The average Bonchev–Trinajstić information content (AvgIpc) is 2.92. The first-order valence-electron chi connectivity index (χ1n) is 7.33. The third-order valence-corrected chi connectivity index (χ3v) is 16.6. The van der Waals surface area contributed by atoms with Crippen LogP contribution in [0.1, 0.15) is 65.2 Å². The summed E-state index contributed by atoms with van der Waals surface area (Å²) < 4.78 is 5.80. The van der Waals surface area contributed by atoms with Gasteiger partial charge in [0.25, 0.3) is 0 Å². The minimum atomic E-state index is -1.44. The van der Waals surface area contributed by atoms with Crippen molar-refractivity contribution >= 4 is 0 Å². The van der Waals surface area contributed by atoms with Crippen molar-refractivity contribution in [2.45, 2.75) is 83.1 Å². The summed E-state index contributed by atoms with van der Waals surface area (Å²) in [6.45, 7) is 5.08. The van der Waals surface area contributed by atoms with Crippen molar-refractivity contribution in [2.75, 3.05) is 0 Å². The van der Waals surface area contributed by atoms with Crippen LogP contribution in [0.2, 0.25) is 17.9 Å². The quantitative estimate of drug-likeness (QED) is 0.553. The molecule has 0 radical (unpaired) electrons. The van der Waals surface area contributed by atoms with Crippen molar-refractivity contribution in [2.24, 2.45) is 0 Å². The topological polar surface area (TPSA) is 0 Å². The molecule has 0 amide bonds. The first kappa shape index (κ1) is 12.2. The van der Waals surface area contributed by atoms with Gasteiger partial charge in [0.05, 0.1) is 0 Å². The number of rotatable bonds is 4. The van der Waals surface area contributed by atoms with Crippen molar-refractivity contribution in [3.63, 3.8) is 0 Å². The molecule has 0 saturated heterocycles. The standard InChI is InChI=1S/2C5H9.2C2H5.Ti/c2*1-2-4-5-3-1;2*1-2;/h2*1H,2-5H2;2*1H2,2H3;. The Morgan fingerprint density at radius 1 is 0.733 bits per heavy atom. The summed E-state index contributed by atoms with van der Waals surface area (Å²) in [6.07, 6.45) is 12.7. The molecule has 88 valence electrons. The van der Waals surface area contributed by atoms with Gasteiger partial charge in [0.2, 0.25) is 0 Å². The van der Waals surface area contributed by atoms with Crippen LogP contribution in [0.4, 0.5) is 0 Å². The molecule has 1 heteroatoms. The molecule has 0 nitrogen and oxygen atoms in total. The van der Waals surface area contributed by atoms with Crippen molar-refractivity contribution in [3.8, 4) is 0 Å². The van der Waals surface area contributed by atoms with Crippen LogP contribution in [0.5, 0.6) is 0 Å². The Morgan fingerprint density at radius 2 is 1.07 bits per heavy atom. The molecule has 2 aliphatic carbocycles. The Balaban J connectivity index is 2.13. The molecule has 0 atom stereocenters. The molecule has 2 aliphatic rings. The van der Waals surface area contributed by atoms with Gasteiger partial charge in [0.1, 0.15) is 0 Å². The first-order valence-corrected chi connectivity index (χ1v) is 11.3. The molecule has 0 aromatic rings. The van der Waals surface area contributed by atoms with Gasteiger partial charge in [0, 0.05) is 0 Å². The maximum absolute atomic E-state index is 2.54. The van der Waals surface area contributed by atoms with Gasteiger partial charge in [-0.25, -0.2) is 0 Å². The van der Waals surface area contributed by atoms with E-state index in [0.717, 1.165) is 0 Å². The average molecular weight is 244 g/mol. The summed E-state index contributed by atoms with van der Waals surface area (Å²) in [5.41, 5.74) is 0. The first-order chi connectivity index (χ1) is 7.33. The molecule has 0 aromatic heterocycles. The van der Waals surface area contributed by atoms with Crippen LogP contribution in [0.25, 0.3) is 0 Å². The van der Waals surface area contributed by atoms with Crippen LogP contribution >= 0.6 is 0 Å². The zero-order valence-corrected chi connectivity index (χ0v) is 12.3. The summed E-state index contributed by atoms with van der Waals surface area (Å²) in [4.78, 5) is 0. The zero-order chi connectivity index (χ0) is 10.7. The molecular formula is C14H28Ti. The van der Waals surface area contributed by atoms with E-state index in [1.807, 2.05) is 0 Å². The van der Waals surface area contributed by atoms with Crippen LogP contribution in [-0.4, -0.2) is 0 Å². The van der Waals surface area contributed by atoms with E-state index < -0.39 is 16.6 Å². The molecule has 2 saturated carbocycles. The number of hydrogen-bond acceptors (Lipinski definition) is 0. The normalized spacial score (nSPS) is 25.2. The molecule has 0 unspecified atom stereocenters. The van der Waals surface area contributed by atoms with Gasteiger partial charge in [-0.15, -0.1) is 0 Å². The van der Waals surface area contributed by atoms with E-state index in [4.69, 9.17) is 0 Å². The van der Waals surface area contributed by atoms with E-state index in [-0.39, 0.29) is 0 Å². The fourth-order valence-corrected chi connectivity index (χ4v) is 15.0. The second-order valence-electron chi connectivity index (χ2n) is 5.90. The van der Waals surface area contributed by atoms with E-state index >= 15 is 0 Å².